The van der Waals surface area contributed by atoms with Gasteiger partial charge < -0.3 is 9.80 Å². The molecule has 0 saturated carbocycles. The maximum atomic E-state index is 11.8. The highest BCUT2D eigenvalue weighted by Gasteiger charge is 2.20. The fraction of sp³-hybridized carbons (Fsp3) is 0.909. The molecule has 1 heterocycles. The van der Waals surface area contributed by atoms with Crippen molar-refractivity contribution in [1.82, 2.24) is 9.80 Å². The summed E-state index contributed by atoms with van der Waals surface area (Å²) < 4.78 is 0. The molecule has 1 aliphatic heterocycles. The molecule has 3 nitrogen and oxygen atoms in total. The van der Waals surface area contributed by atoms with E-state index in [0.717, 1.165) is 44.5 Å². The summed E-state index contributed by atoms with van der Waals surface area (Å²) in [5.41, 5.74) is 0. The van der Waals surface area contributed by atoms with Crippen molar-refractivity contribution in [2.75, 3.05) is 38.1 Å². The SMILES string of the molecule is CC(C)C(=O)N1CCCN(CCBr)CC1. The van der Waals surface area contributed by atoms with Crippen molar-refractivity contribution < 1.29 is 4.79 Å². The van der Waals surface area contributed by atoms with E-state index in [9.17, 15) is 4.79 Å². The van der Waals surface area contributed by atoms with Crippen LogP contribution in [0.1, 0.15) is 20.3 Å². The fourth-order valence-electron chi connectivity index (χ4n) is 1.90. The molecule has 0 atom stereocenters. The average Bonchev–Trinajstić information content (AvgIpc) is 2.43. The van der Waals surface area contributed by atoms with Crippen LogP contribution in [-0.2, 0) is 4.79 Å². The Morgan fingerprint density at radius 1 is 1.27 bits per heavy atom. The predicted molar refractivity (Wildman–Crippen MR) is 66.3 cm³/mol. The number of alkyl halides is 1. The van der Waals surface area contributed by atoms with Gasteiger partial charge in [-0.3, -0.25) is 4.79 Å². The Balaban J connectivity index is 2.42. The molecular weight excluding hydrogens is 256 g/mol. The summed E-state index contributed by atoms with van der Waals surface area (Å²) in [5.74, 6) is 0.434. The van der Waals surface area contributed by atoms with Crippen molar-refractivity contribution >= 4 is 21.8 Å². The zero-order valence-electron chi connectivity index (χ0n) is 9.71. The van der Waals surface area contributed by atoms with Crippen LogP contribution in [0.25, 0.3) is 0 Å². The van der Waals surface area contributed by atoms with E-state index in [-0.39, 0.29) is 5.92 Å². The Morgan fingerprint density at radius 2 is 2.00 bits per heavy atom. The zero-order valence-corrected chi connectivity index (χ0v) is 11.3. The van der Waals surface area contributed by atoms with Gasteiger partial charge in [-0.1, -0.05) is 29.8 Å². The van der Waals surface area contributed by atoms with Gasteiger partial charge in [-0.15, -0.1) is 0 Å². The van der Waals surface area contributed by atoms with E-state index in [4.69, 9.17) is 0 Å². The molecule has 1 rings (SSSR count). The van der Waals surface area contributed by atoms with Crippen LogP contribution in [0.5, 0.6) is 0 Å². The molecule has 0 N–H and O–H groups in total. The van der Waals surface area contributed by atoms with E-state index in [2.05, 4.69) is 20.8 Å². The maximum Gasteiger partial charge on any atom is 0.225 e. The minimum atomic E-state index is 0.132. The first-order valence-electron chi connectivity index (χ1n) is 5.72. The van der Waals surface area contributed by atoms with Crippen molar-refractivity contribution in [2.24, 2.45) is 5.92 Å². The van der Waals surface area contributed by atoms with Crippen molar-refractivity contribution in [1.29, 1.82) is 0 Å². The molecule has 4 heteroatoms. The maximum absolute atomic E-state index is 11.8. The molecule has 1 fully saturated rings. The molecule has 0 aromatic heterocycles. The number of nitrogens with zero attached hydrogens (tertiary/aromatic N) is 2. The Morgan fingerprint density at radius 3 is 2.60 bits per heavy atom. The quantitative estimate of drug-likeness (QED) is 0.731. The van der Waals surface area contributed by atoms with Crippen molar-refractivity contribution in [3.8, 4) is 0 Å². The lowest BCUT2D eigenvalue weighted by Crippen LogP contribution is -2.37. The van der Waals surface area contributed by atoms with Crippen LogP contribution in [0, 0.1) is 5.92 Å². The molecule has 1 amide bonds. The number of halogens is 1. The summed E-state index contributed by atoms with van der Waals surface area (Å²) in [6.45, 7) is 8.99. The zero-order chi connectivity index (χ0) is 11.3. The third-order valence-corrected chi connectivity index (χ3v) is 3.15. The minimum absolute atomic E-state index is 0.132. The summed E-state index contributed by atoms with van der Waals surface area (Å²) in [6.07, 6.45) is 1.10. The number of rotatable bonds is 3. The largest absolute Gasteiger partial charge is 0.341 e. The van der Waals surface area contributed by atoms with E-state index in [1.165, 1.54) is 0 Å². The summed E-state index contributed by atoms with van der Waals surface area (Å²) in [6, 6.07) is 0. The lowest BCUT2D eigenvalue weighted by molar-refractivity contribution is -0.134. The lowest BCUT2D eigenvalue weighted by atomic mass is 10.2. The molecule has 88 valence electrons. The van der Waals surface area contributed by atoms with Crippen LogP contribution < -0.4 is 0 Å². The molecule has 0 bridgehead atoms. The van der Waals surface area contributed by atoms with Gasteiger partial charge in [0, 0.05) is 37.4 Å². The van der Waals surface area contributed by atoms with E-state index in [1.807, 2.05) is 18.7 Å². The molecule has 0 aliphatic carbocycles. The summed E-state index contributed by atoms with van der Waals surface area (Å²) in [4.78, 5) is 16.2. The first-order valence-corrected chi connectivity index (χ1v) is 6.84. The van der Waals surface area contributed by atoms with E-state index < -0.39 is 0 Å². The first kappa shape index (κ1) is 13.0. The summed E-state index contributed by atoms with van der Waals surface area (Å²) in [7, 11) is 0. The average molecular weight is 277 g/mol. The van der Waals surface area contributed by atoms with Gasteiger partial charge in [0.05, 0.1) is 0 Å². The molecule has 0 aromatic carbocycles. The number of hydrogen-bond acceptors (Lipinski definition) is 2. The van der Waals surface area contributed by atoms with E-state index >= 15 is 0 Å². The fourth-order valence-corrected chi connectivity index (χ4v) is 2.40. The van der Waals surface area contributed by atoms with Gasteiger partial charge in [0.1, 0.15) is 0 Å². The second kappa shape index (κ2) is 6.48. The van der Waals surface area contributed by atoms with Crippen LogP contribution in [-0.4, -0.2) is 53.8 Å². The van der Waals surface area contributed by atoms with Gasteiger partial charge in [-0.05, 0) is 13.0 Å². The number of carbonyl (C=O) groups excluding carboxylic acids is 1. The lowest BCUT2D eigenvalue weighted by Gasteiger charge is -2.23. The Bertz CT molecular complexity index is 209. The molecular formula is C11H21BrN2O. The minimum Gasteiger partial charge on any atom is -0.341 e. The number of carbonyl (C=O) groups is 1. The van der Waals surface area contributed by atoms with Gasteiger partial charge in [0.15, 0.2) is 0 Å². The van der Waals surface area contributed by atoms with Gasteiger partial charge in [0.2, 0.25) is 5.91 Å². The van der Waals surface area contributed by atoms with Crippen molar-refractivity contribution in [3.63, 3.8) is 0 Å². The number of amides is 1. The second-order valence-electron chi connectivity index (χ2n) is 4.36. The highest BCUT2D eigenvalue weighted by molar-refractivity contribution is 9.09. The van der Waals surface area contributed by atoms with Crippen LogP contribution >= 0.6 is 15.9 Å². The van der Waals surface area contributed by atoms with E-state index in [1.54, 1.807) is 0 Å². The molecule has 0 aromatic rings. The normalized spacial score (nSPS) is 19.3. The monoisotopic (exact) mass is 276 g/mol. The third kappa shape index (κ3) is 4.11. The Labute approximate surface area is 101 Å². The second-order valence-corrected chi connectivity index (χ2v) is 5.16. The van der Waals surface area contributed by atoms with E-state index in [0.29, 0.717) is 5.91 Å². The van der Waals surface area contributed by atoms with Gasteiger partial charge in [0.25, 0.3) is 0 Å². The van der Waals surface area contributed by atoms with Crippen LogP contribution in [0.2, 0.25) is 0 Å². The molecule has 0 radical (unpaired) electrons. The highest BCUT2D eigenvalue weighted by atomic mass is 79.9. The summed E-state index contributed by atoms with van der Waals surface area (Å²) >= 11 is 3.46. The molecule has 0 unspecified atom stereocenters. The number of hydrogen-bond donors (Lipinski definition) is 0. The predicted octanol–water partition coefficient (Wildman–Crippen LogP) is 1.57. The summed E-state index contributed by atoms with van der Waals surface area (Å²) in [5, 5.41) is 1.02. The van der Waals surface area contributed by atoms with Gasteiger partial charge >= 0.3 is 0 Å². The molecule has 15 heavy (non-hydrogen) atoms. The van der Waals surface area contributed by atoms with Gasteiger partial charge in [-0.2, -0.15) is 0 Å². The third-order valence-electron chi connectivity index (χ3n) is 2.79. The van der Waals surface area contributed by atoms with Crippen LogP contribution in [0.3, 0.4) is 0 Å². The molecule has 1 saturated heterocycles. The topological polar surface area (TPSA) is 23.6 Å². The molecule has 0 spiro atoms. The molecule has 1 aliphatic rings. The van der Waals surface area contributed by atoms with Crippen molar-refractivity contribution in [3.05, 3.63) is 0 Å². The van der Waals surface area contributed by atoms with Crippen molar-refractivity contribution in [2.45, 2.75) is 20.3 Å². The van der Waals surface area contributed by atoms with Crippen LogP contribution in [0.15, 0.2) is 0 Å². The van der Waals surface area contributed by atoms with Gasteiger partial charge in [-0.25, -0.2) is 0 Å². The standard InChI is InChI=1S/C11H21BrN2O/c1-10(2)11(15)14-6-3-5-13(7-4-12)8-9-14/h10H,3-9H2,1-2H3. The Hall–Kier alpha value is -0.0900. The Kier molecular flexibility index (Phi) is 5.61. The smallest absolute Gasteiger partial charge is 0.225 e. The highest BCUT2D eigenvalue weighted by Crippen LogP contribution is 2.07. The first-order chi connectivity index (χ1) is 7.15. The van der Waals surface area contributed by atoms with Crippen LogP contribution in [0.4, 0.5) is 0 Å².